The second-order valence-electron chi connectivity index (χ2n) is 7.77. The van der Waals surface area contributed by atoms with Gasteiger partial charge in [-0.05, 0) is 36.8 Å². The summed E-state index contributed by atoms with van der Waals surface area (Å²) < 4.78 is 0. The highest BCUT2D eigenvalue weighted by Crippen LogP contribution is 2.34. The third kappa shape index (κ3) is 3.95. The van der Waals surface area contributed by atoms with Crippen LogP contribution in [0.4, 0.5) is 4.79 Å². The second-order valence-corrected chi connectivity index (χ2v) is 8.17. The SMILES string of the molecule is CC(C)CN1C(=O)NC(=O)C12CCN(C(=O)CCc1ccccc1Cl)CC2. The third-order valence-corrected chi connectivity index (χ3v) is 5.83. The molecule has 2 aliphatic heterocycles. The summed E-state index contributed by atoms with van der Waals surface area (Å²) in [7, 11) is 0. The zero-order valence-corrected chi connectivity index (χ0v) is 16.6. The van der Waals surface area contributed by atoms with Gasteiger partial charge in [0.05, 0.1) is 0 Å². The van der Waals surface area contributed by atoms with Gasteiger partial charge in [-0.2, -0.15) is 0 Å². The third-order valence-electron chi connectivity index (χ3n) is 5.46. The van der Waals surface area contributed by atoms with E-state index in [1.54, 1.807) is 9.80 Å². The van der Waals surface area contributed by atoms with Crippen molar-refractivity contribution in [3.8, 4) is 0 Å². The number of halogens is 1. The molecule has 0 atom stereocenters. The minimum atomic E-state index is -0.805. The Morgan fingerprint density at radius 1 is 1.22 bits per heavy atom. The zero-order valence-electron chi connectivity index (χ0n) is 15.8. The molecule has 4 amide bonds. The fourth-order valence-corrected chi connectivity index (χ4v) is 4.17. The van der Waals surface area contributed by atoms with E-state index in [4.69, 9.17) is 11.6 Å². The lowest BCUT2D eigenvalue weighted by atomic mass is 9.85. The predicted molar refractivity (Wildman–Crippen MR) is 103 cm³/mol. The van der Waals surface area contributed by atoms with E-state index in [1.807, 2.05) is 38.1 Å². The number of nitrogens with one attached hydrogen (secondary N) is 1. The number of nitrogens with zero attached hydrogens (tertiary/aromatic N) is 2. The van der Waals surface area contributed by atoms with Crippen molar-refractivity contribution in [3.63, 3.8) is 0 Å². The van der Waals surface area contributed by atoms with E-state index < -0.39 is 5.54 Å². The van der Waals surface area contributed by atoms with Crippen molar-refractivity contribution >= 4 is 29.4 Å². The molecule has 0 unspecified atom stereocenters. The van der Waals surface area contributed by atoms with E-state index in [2.05, 4.69) is 5.32 Å². The monoisotopic (exact) mass is 391 g/mol. The van der Waals surface area contributed by atoms with Gasteiger partial charge >= 0.3 is 6.03 Å². The Hall–Kier alpha value is -2.08. The maximum Gasteiger partial charge on any atom is 0.325 e. The molecule has 0 saturated carbocycles. The maximum atomic E-state index is 12.6. The predicted octanol–water partition coefficient (Wildman–Crippen LogP) is 2.84. The molecule has 2 heterocycles. The molecule has 2 fully saturated rings. The Bertz CT molecular complexity index is 742. The molecule has 1 spiro atoms. The number of hydrogen-bond donors (Lipinski definition) is 1. The van der Waals surface area contributed by atoms with Crippen molar-refractivity contribution in [1.29, 1.82) is 0 Å². The van der Waals surface area contributed by atoms with Crippen LogP contribution in [0.1, 0.15) is 38.7 Å². The fourth-order valence-electron chi connectivity index (χ4n) is 3.94. The molecule has 7 heteroatoms. The van der Waals surface area contributed by atoms with Gasteiger partial charge in [0.2, 0.25) is 5.91 Å². The number of urea groups is 1. The Morgan fingerprint density at radius 3 is 2.52 bits per heavy atom. The molecule has 1 aromatic carbocycles. The van der Waals surface area contributed by atoms with Gasteiger partial charge in [0.15, 0.2) is 0 Å². The van der Waals surface area contributed by atoms with Gasteiger partial charge in [-0.15, -0.1) is 0 Å². The Balaban J connectivity index is 1.60. The number of benzene rings is 1. The van der Waals surface area contributed by atoms with Gasteiger partial charge in [0, 0.05) is 31.1 Å². The average Bonchev–Trinajstić information content (AvgIpc) is 2.85. The number of imide groups is 1. The van der Waals surface area contributed by atoms with Crippen LogP contribution in [0.2, 0.25) is 5.02 Å². The highest BCUT2D eigenvalue weighted by Gasteiger charge is 2.54. The normalized spacial score (nSPS) is 19.1. The van der Waals surface area contributed by atoms with Crippen LogP contribution < -0.4 is 5.32 Å². The largest absolute Gasteiger partial charge is 0.342 e. The van der Waals surface area contributed by atoms with E-state index in [-0.39, 0.29) is 23.8 Å². The van der Waals surface area contributed by atoms with Gasteiger partial charge in [0.1, 0.15) is 5.54 Å². The van der Waals surface area contributed by atoms with Gasteiger partial charge in [-0.25, -0.2) is 4.79 Å². The average molecular weight is 392 g/mol. The highest BCUT2D eigenvalue weighted by molar-refractivity contribution is 6.31. The molecule has 0 bridgehead atoms. The smallest absolute Gasteiger partial charge is 0.325 e. The van der Waals surface area contributed by atoms with Crippen LogP contribution in [-0.2, 0) is 16.0 Å². The van der Waals surface area contributed by atoms with E-state index >= 15 is 0 Å². The molecule has 3 rings (SSSR count). The molecule has 6 nitrogen and oxygen atoms in total. The minimum absolute atomic E-state index is 0.0601. The first-order valence-electron chi connectivity index (χ1n) is 9.48. The van der Waals surface area contributed by atoms with Crippen molar-refractivity contribution in [2.45, 2.75) is 45.1 Å². The molecule has 0 aliphatic carbocycles. The number of carbonyl (C=O) groups excluding carboxylic acids is 3. The van der Waals surface area contributed by atoms with E-state index in [1.165, 1.54) is 0 Å². The quantitative estimate of drug-likeness (QED) is 0.784. The lowest BCUT2D eigenvalue weighted by Crippen LogP contribution is -2.58. The molecule has 1 aromatic rings. The molecule has 2 aliphatic rings. The van der Waals surface area contributed by atoms with Crippen molar-refractivity contribution in [2.75, 3.05) is 19.6 Å². The van der Waals surface area contributed by atoms with Crippen LogP contribution >= 0.6 is 11.6 Å². The molecule has 0 aromatic heterocycles. The number of piperidine rings is 1. The van der Waals surface area contributed by atoms with E-state index in [9.17, 15) is 14.4 Å². The number of likely N-dealkylation sites (tertiary alicyclic amines) is 1. The second kappa shape index (κ2) is 7.89. The Kier molecular flexibility index (Phi) is 5.75. The van der Waals surface area contributed by atoms with Crippen LogP contribution in [0.5, 0.6) is 0 Å². The lowest BCUT2D eigenvalue weighted by molar-refractivity contribution is -0.138. The Labute approximate surface area is 164 Å². The van der Waals surface area contributed by atoms with Crippen LogP contribution in [0.25, 0.3) is 0 Å². The number of hydrogen-bond acceptors (Lipinski definition) is 3. The molecule has 146 valence electrons. The summed E-state index contributed by atoms with van der Waals surface area (Å²) in [6.07, 6.45) is 1.94. The number of rotatable bonds is 5. The lowest BCUT2D eigenvalue weighted by Gasteiger charge is -2.42. The van der Waals surface area contributed by atoms with Gasteiger partial charge in [-0.3, -0.25) is 14.9 Å². The highest BCUT2D eigenvalue weighted by atomic mass is 35.5. The van der Waals surface area contributed by atoms with Gasteiger partial charge < -0.3 is 9.80 Å². The molecule has 2 saturated heterocycles. The van der Waals surface area contributed by atoms with Crippen molar-refractivity contribution in [3.05, 3.63) is 34.9 Å². The summed E-state index contributed by atoms with van der Waals surface area (Å²) in [5, 5.41) is 3.13. The summed E-state index contributed by atoms with van der Waals surface area (Å²) in [5.41, 5.74) is 0.158. The first-order chi connectivity index (χ1) is 12.8. The first-order valence-corrected chi connectivity index (χ1v) is 9.85. The molecular formula is C20H26ClN3O3. The van der Waals surface area contributed by atoms with E-state index in [0.29, 0.717) is 50.3 Å². The number of aryl methyl sites for hydroxylation is 1. The molecule has 27 heavy (non-hydrogen) atoms. The fraction of sp³-hybridized carbons (Fsp3) is 0.550. The topological polar surface area (TPSA) is 69.7 Å². The van der Waals surface area contributed by atoms with Crippen molar-refractivity contribution < 1.29 is 14.4 Å². The maximum absolute atomic E-state index is 12.6. The van der Waals surface area contributed by atoms with Crippen molar-refractivity contribution in [1.82, 2.24) is 15.1 Å². The molecular weight excluding hydrogens is 366 g/mol. The summed E-state index contributed by atoms with van der Waals surface area (Å²) in [4.78, 5) is 40.8. The first kappa shape index (κ1) is 19.7. The summed E-state index contributed by atoms with van der Waals surface area (Å²) in [5.74, 6) is 0.107. The standard InChI is InChI=1S/C20H26ClN3O3/c1-14(2)13-24-19(27)22-18(26)20(24)9-11-23(12-10-20)17(25)8-7-15-5-3-4-6-16(15)21/h3-6,14H,7-13H2,1-2H3,(H,22,26,27). The van der Waals surface area contributed by atoms with Gasteiger partial charge in [0.25, 0.3) is 5.91 Å². The Morgan fingerprint density at radius 2 is 1.89 bits per heavy atom. The number of amides is 4. The number of carbonyl (C=O) groups is 3. The minimum Gasteiger partial charge on any atom is -0.342 e. The summed E-state index contributed by atoms with van der Waals surface area (Å²) in [6, 6.07) is 7.22. The van der Waals surface area contributed by atoms with Crippen LogP contribution in [0.15, 0.2) is 24.3 Å². The van der Waals surface area contributed by atoms with Crippen molar-refractivity contribution in [2.24, 2.45) is 5.92 Å². The molecule has 0 radical (unpaired) electrons. The van der Waals surface area contributed by atoms with Crippen LogP contribution in [-0.4, -0.2) is 52.8 Å². The zero-order chi connectivity index (χ0) is 19.6. The van der Waals surface area contributed by atoms with Crippen LogP contribution in [0, 0.1) is 5.92 Å². The summed E-state index contributed by atoms with van der Waals surface area (Å²) in [6.45, 7) is 5.56. The van der Waals surface area contributed by atoms with Crippen LogP contribution in [0.3, 0.4) is 0 Å². The van der Waals surface area contributed by atoms with E-state index in [0.717, 1.165) is 5.56 Å². The molecule has 1 N–H and O–H groups in total. The van der Waals surface area contributed by atoms with Gasteiger partial charge in [-0.1, -0.05) is 43.6 Å². The summed E-state index contributed by atoms with van der Waals surface area (Å²) >= 11 is 6.16.